The molecule has 0 radical (unpaired) electrons. The first-order valence-corrected chi connectivity index (χ1v) is 5.96. The summed E-state index contributed by atoms with van der Waals surface area (Å²) in [5, 5.41) is 0.464. The van der Waals surface area contributed by atoms with E-state index in [1.165, 1.54) is 6.92 Å². The van der Waals surface area contributed by atoms with Crippen molar-refractivity contribution >= 4 is 16.9 Å². The second-order valence-electron chi connectivity index (χ2n) is 4.47. The van der Waals surface area contributed by atoms with E-state index in [9.17, 15) is 9.59 Å². The van der Waals surface area contributed by atoms with Crippen LogP contribution in [-0.2, 0) is 9.63 Å². The minimum Gasteiger partial charge on any atom is -0.328 e. The summed E-state index contributed by atoms with van der Waals surface area (Å²) >= 11 is 0. The van der Waals surface area contributed by atoms with Gasteiger partial charge in [-0.05, 0) is 12.1 Å². The first kappa shape index (κ1) is 13.1. The zero-order chi connectivity index (χ0) is 14.0. The highest BCUT2D eigenvalue weighted by molar-refractivity contribution is 5.77. The van der Waals surface area contributed by atoms with E-state index in [0.29, 0.717) is 16.7 Å². The molecular formula is C13H15N3O3. The Morgan fingerprint density at radius 1 is 1.37 bits per heavy atom. The third-order valence-electron chi connectivity index (χ3n) is 2.60. The van der Waals surface area contributed by atoms with Crippen molar-refractivity contribution in [3.63, 3.8) is 0 Å². The summed E-state index contributed by atoms with van der Waals surface area (Å²) in [6.07, 6.45) is 0. The molecule has 1 N–H and O–H groups in total. The number of carbonyl (C=O) groups is 1. The van der Waals surface area contributed by atoms with Crippen molar-refractivity contribution in [2.24, 2.45) is 0 Å². The Hall–Kier alpha value is -2.37. The zero-order valence-electron chi connectivity index (χ0n) is 11.0. The Kier molecular flexibility index (Phi) is 3.50. The highest BCUT2D eigenvalue weighted by Crippen LogP contribution is 2.13. The van der Waals surface area contributed by atoms with Crippen molar-refractivity contribution in [1.82, 2.24) is 9.66 Å². The van der Waals surface area contributed by atoms with Gasteiger partial charge in [-0.2, -0.15) is 4.68 Å². The van der Waals surface area contributed by atoms with E-state index in [1.807, 2.05) is 19.9 Å². The van der Waals surface area contributed by atoms with Gasteiger partial charge in [0.05, 0.1) is 10.9 Å². The number of para-hydroxylation sites is 1. The summed E-state index contributed by atoms with van der Waals surface area (Å²) in [5.74, 6) is -0.0277. The van der Waals surface area contributed by atoms with Gasteiger partial charge in [0.1, 0.15) is 5.82 Å². The first-order chi connectivity index (χ1) is 9.00. The number of fused-ring (bicyclic) bond motifs is 1. The average molecular weight is 261 g/mol. The molecule has 0 atom stereocenters. The summed E-state index contributed by atoms with van der Waals surface area (Å²) < 4.78 is 1.16. The van der Waals surface area contributed by atoms with Crippen LogP contribution in [0.5, 0.6) is 0 Å². The summed E-state index contributed by atoms with van der Waals surface area (Å²) in [5.41, 5.74) is 2.67. The lowest BCUT2D eigenvalue weighted by atomic mass is 10.2. The maximum absolute atomic E-state index is 12.3. The van der Waals surface area contributed by atoms with Gasteiger partial charge in [-0.15, -0.1) is 5.59 Å². The number of aromatic nitrogens is 2. The summed E-state index contributed by atoms with van der Waals surface area (Å²) in [6.45, 7) is 5.06. The van der Waals surface area contributed by atoms with Crippen molar-refractivity contribution in [2.75, 3.05) is 5.59 Å². The van der Waals surface area contributed by atoms with E-state index in [-0.39, 0.29) is 11.5 Å². The summed E-state index contributed by atoms with van der Waals surface area (Å²) in [7, 11) is 0. The number of nitrogens with one attached hydrogen (secondary N) is 1. The van der Waals surface area contributed by atoms with Crippen LogP contribution in [0.2, 0.25) is 0 Å². The Labute approximate surface area is 109 Å². The van der Waals surface area contributed by atoms with Crippen LogP contribution < -0.4 is 11.1 Å². The molecule has 6 heteroatoms. The molecule has 0 amide bonds. The molecule has 1 aromatic heterocycles. The molecule has 0 unspecified atom stereocenters. The molecule has 0 saturated heterocycles. The van der Waals surface area contributed by atoms with E-state index in [4.69, 9.17) is 0 Å². The van der Waals surface area contributed by atoms with Gasteiger partial charge in [-0.1, -0.05) is 26.0 Å². The zero-order valence-corrected chi connectivity index (χ0v) is 11.0. The fraction of sp³-hybridized carbons (Fsp3) is 0.308. The van der Waals surface area contributed by atoms with Gasteiger partial charge in [0.25, 0.3) is 5.56 Å². The summed E-state index contributed by atoms with van der Waals surface area (Å²) in [6, 6.07) is 7.04. The minimum atomic E-state index is -0.533. The van der Waals surface area contributed by atoms with Crippen LogP contribution >= 0.6 is 0 Å². The van der Waals surface area contributed by atoms with E-state index in [0.717, 1.165) is 4.68 Å². The number of carbonyl (C=O) groups excluding carboxylic acids is 1. The summed E-state index contributed by atoms with van der Waals surface area (Å²) in [4.78, 5) is 32.3. The first-order valence-electron chi connectivity index (χ1n) is 5.96. The van der Waals surface area contributed by atoms with Gasteiger partial charge < -0.3 is 4.84 Å². The van der Waals surface area contributed by atoms with Crippen LogP contribution in [0.1, 0.15) is 32.5 Å². The molecule has 2 rings (SSSR count). The van der Waals surface area contributed by atoms with Crippen molar-refractivity contribution in [3.05, 3.63) is 40.4 Å². The van der Waals surface area contributed by atoms with E-state index >= 15 is 0 Å². The number of hydrogen-bond acceptors (Lipinski definition) is 5. The van der Waals surface area contributed by atoms with E-state index in [1.54, 1.807) is 18.2 Å². The molecule has 0 fully saturated rings. The molecule has 2 aromatic rings. The van der Waals surface area contributed by atoms with Crippen LogP contribution in [0.25, 0.3) is 10.9 Å². The second kappa shape index (κ2) is 5.09. The number of nitrogens with zero attached hydrogens (tertiary/aromatic N) is 2. The van der Waals surface area contributed by atoms with Crippen LogP contribution in [0.4, 0.5) is 0 Å². The quantitative estimate of drug-likeness (QED) is 0.848. The van der Waals surface area contributed by atoms with Gasteiger partial charge >= 0.3 is 5.97 Å². The fourth-order valence-electron chi connectivity index (χ4n) is 1.74. The molecule has 1 aromatic carbocycles. The minimum absolute atomic E-state index is 0.000337. The number of hydrogen-bond donors (Lipinski definition) is 1. The van der Waals surface area contributed by atoms with Crippen LogP contribution in [0.15, 0.2) is 29.1 Å². The Bertz CT molecular complexity index is 676. The highest BCUT2D eigenvalue weighted by atomic mass is 16.7. The maximum atomic E-state index is 12.3. The van der Waals surface area contributed by atoms with Crippen molar-refractivity contribution < 1.29 is 9.63 Å². The third kappa shape index (κ3) is 2.57. The number of benzene rings is 1. The normalized spacial score (nSPS) is 10.7. The highest BCUT2D eigenvalue weighted by Gasteiger charge is 2.14. The molecule has 0 aliphatic rings. The van der Waals surface area contributed by atoms with Crippen molar-refractivity contribution in [2.45, 2.75) is 26.7 Å². The van der Waals surface area contributed by atoms with Crippen molar-refractivity contribution in [1.29, 1.82) is 0 Å². The van der Waals surface area contributed by atoms with Gasteiger partial charge in [0.15, 0.2) is 0 Å². The van der Waals surface area contributed by atoms with Crippen LogP contribution in [-0.4, -0.2) is 15.6 Å². The van der Waals surface area contributed by atoms with Crippen LogP contribution in [0, 0.1) is 0 Å². The van der Waals surface area contributed by atoms with E-state index < -0.39 is 5.97 Å². The Balaban J connectivity index is 2.64. The molecule has 1 heterocycles. The van der Waals surface area contributed by atoms with Gasteiger partial charge in [-0.25, -0.2) is 9.78 Å². The largest absolute Gasteiger partial charge is 0.331 e. The molecular weight excluding hydrogens is 246 g/mol. The molecule has 0 saturated carbocycles. The predicted molar refractivity (Wildman–Crippen MR) is 71.2 cm³/mol. The van der Waals surface area contributed by atoms with Crippen molar-refractivity contribution in [3.8, 4) is 0 Å². The molecule has 19 heavy (non-hydrogen) atoms. The van der Waals surface area contributed by atoms with Gasteiger partial charge in [-0.3, -0.25) is 4.79 Å². The SMILES string of the molecule is CC(=O)ONn1c(C(C)C)nc2ccccc2c1=O. The third-order valence-corrected chi connectivity index (χ3v) is 2.60. The number of rotatable bonds is 3. The molecule has 0 aliphatic heterocycles. The lowest BCUT2D eigenvalue weighted by molar-refractivity contribution is -0.139. The molecule has 0 bridgehead atoms. The van der Waals surface area contributed by atoms with E-state index in [2.05, 4.69) is 15.4 Å². The van der Waals surface area contributed by atoms with Gasteiger partial charge in [0, 0.05) is 12.8 Å². The topological polar surface area (TPSA) is 73.2 Å². The smallest absolute Gasteiger partial charge is 0.328 e. The molecule has 0 aliphatic carbocycles. The Morgan fingerprint density at radius 3 is 2.68 bits per heavy atom. The average Bonchev–Trinajstić information content (AvgIpc) is 2.37. The predicted octanol–water partition coefficient (Wildman–Crippen LogP) is 1.54. The second-order valence-corrected chi connectivity index (χ2v) is 4.47. The Morgan fingerprint density at radius 2 is 2.05 bits per heavy atom. The molecule has 6 nitrogen and oxygen atoms in total. The van der Waals surface area contributed by atoms with Gasteiger partial charge in [0.2, 0.25) is 0 Å². The molecule has 0 spiro atoms. The standard InChI is InChI=1S/C13H15N3O3/c1-8(2)12-14-11-7-5-4-6-10(11)13(18)16(12)15-19-9(3)17/h4-8,15H,1-3H3. The maximum Gasteiger partial charge on any atom is 0.331 e. The molecule has 100 valence electrons. The lowest BCUT2D eigenvalue weighted by Gasteiger charge is -2.15. The lowest BCUT2D eigenvalue weighted by Crippen LogP contribution is -2.34. The fourth-order valence-corrected chi connectivity index (χ4v) is 1.74. The van der Waals surface area contributed by atoms with Crippen LogP contribution in [0.3, 0.4) is 0 Å². The monoisotopic (exact) mass is 261 g/mol.